The van der Waals surface area contributed by atoms with Gasteiger partial charge in [0.25, 0.3) is 5.91 Å². The summed E-state index contributed by atoms with van der Waals surface area (Å²) < 4.78 is 0. The first kappa shape index (κ1) is 10.7. The number of carbonyl (C=O) groups is 1. The summed E-state index contributed by atoms with van der Waals surface area (Å²) in [6, 6.07) is 8.74. The summed E-state index contributed by atoms with van der Waals surface area (Å²) in [5.41, 5.74) is 0.799. The first-order valence-electron chi connectivity index (χ1n) is 5.19. The van der Waals surface area contributed by atoms with Crippen LogP contribution in [0.5, 0.6) is 0 Å². The molecule has 82 valence electrons. The van der Waals surface area contributed by atoms with Gasteiger partial charge in [-0.25, -0.2) is 0 Å². The van der Waals surface area contributed by atoms with Gasteiger partial charge in [-0.15, -0.1) is 0 Å². The number of aliphatic hydroxyl groups is 1. The van der Waals surface area contributed by atoms with Crippen LogP contribution < -0.4 is 0 Å². The number of carbonyl (C=O) groups excluding carboxylic acids is 1. The molecule has 1 N–H and O–H groups in total. The number of benzene rings is 1. The van der Waals surface area contributed by atoms with Crippen LogP contribution in [0.1, 0.15) is 22.3 Å². The van der Waals surface area contributed by atoms with Crippen molar-refractivity contribution in [3.63, 3.8) is 0 Å². The van der Waals surface area contributed by atoms with Crippen LogP contribution in [0.3, 0.4) is 0 Å². The van der Waals surface area contributed by atoms with Crippen LogP contribution >= 0.6 is 0 Å². The molecule has 1 aliphatic rings. The lowest BCUT2D eigenvalue weighted by Crippen LogP contribution is -2.30. The SMILES string of the molecule is N#Cc1ccccc1C(=O)N1CC[C@@H](O)C1. The largest absolute Gasteiger partial charge is 0.391 e. The molecule has 16 heavy (non-hydrogen) atoms. The Bertz CT molecular complexity index is 451. The predicted octanol–water partition coefficient (Wildman–Crippen LogP) is 0.765. The number of amides is 1. The van der Waals surface area contributed by atoms with Crippen molar-refractivity contribution in [2.75, 3.05) is 13.1 Å². The number of hydrogen-bond donors (Lipinski definition) is 1. The minimum absolute atomic E-state index is 0.172. The maximum atomic E-state index is 12.0. The van der Waals surface area contributed by atoms with Gasteiger partial charge in [-0.05, 0) is 18.6 Å². The Morgan fingerprint density at radius 1 is 1.50 bits per heavy atom. The maximum absolute atomic E-state index is 12.0. The molecule has 0 unspecified atom stereocenters. The van der Waals surface area contributed by atoms with E-state index in [0.717, 1.165) is 0 Å². The second-order valence-corrected chi connectivity index (χ2v) is 3.85. The molecule has 1 heterocycles. The van der Waals surface area contributed by atoms with Gasteiger partial charge >= 0.3 is 0 Å². The standard InChI is InChI=1S/C12H12N2O2/c13-7-9-3-1-2-4-11(9)12(16)14-6-5-10(15)8-14/h1-4,10,15H,5-6,8H2/t10-/m1/s1. The smallest absolute Gasteiger partial charge is 0.255 e. The molecular formula is C12H12N2O2. The number of nitriles is 1. The third kappa shape index (κ3) is 1.90. The molecule has 2 rings (SSSR count). The summed E-state index contributed by atoms with van der Waals surface area (Å²) in [6.45, 7) is 0.915. The average Bonchev–Trinajstić information content (AvgIpc) is 2.75. The van der Waals surface area contributed by atoms with Gasteiger partial charge in [0, 0.05) is 13.1 Å². The van der Waals surface area contributed by atoms with Crippen molar-refractivity contribution in [2.45, 2.75) is 12.5 Å². The van der Waals surface area contributed by atoms with Crippen LogP contribution in [0.15, 0.2) is 24.3 Å². The lowest BCUT2D eigenvalue weighted by Gasteiger charge is -2.15. The topological polar surface area (TPSA) is 64.3 Å². The molecular weight excluding hydrogens is 204 g/mol. The van der Waals surface area contributed by atoms with Gasteiger partial charge in [-0.3, -0.25) is 4.79 Å². The summed E-state index contributed by atoms with van der Waals surface area (Å²) in [5.74, 6) is -0.172. The molecule has 0 spiro atoms. The zero-order chi connectivity index (χ0) is 11.5. The highest BCUT2D eigenvalue weighted by atomic mass is 16.3. The zero-order valence-corrected chi connectivity index (χ0v) is 8.76. The molecule has 1 aromatic rings. The van der Waals surface area contributed by atoms with E-state index in [2.05, 4.69) is 0 Å². The Labute approximate surface area is 93.7 Å². The minimum atomic E-state index is -0.432. The van der Waals surface area contributed by atoms with Crippen LogP contribution in [-0.2, 0) is 0 Å². The highest BCUT2D eigenvalue weighted by Crippen LogP contribution is 2.15. The number of hydrogen-bond acceptors (Lipinski definition) is 3. The lowest BCUT2D eigenvalue weighted by molar-refractivity contribution is 0.0764. The first-order chi connectivity index (χ1) is 7.72. The third-order valence-electron chi connectivity index (χ3n) is 2.73. The van der Waals surface area contributed by atoms with Gasteiger partial charge in [0.15, 0.2) is 0 Å². The van der Waals surface area contributed by atoms with Crippen molar-refractivity contribution in [1.82, 2.24) is 4.90 Å². The number of β-amino-alcohol motifs (C(OH)–C–C–N with tert-alkyl or cyclic N) is 1. The second-order valence-electron chi connectivity index (χ2n) is 3.85. The van der Waals surface area contributed by atoms with Gasteiger partial charge in [0.2, 0.25) is 0 Å². The molecule has 1 aliphatic heterocycles. The third-order valence-corrected chi connectivity index (χ3v) is 2.73. The van der Waals surface area contributed by atoms with Crippen molar-refractivity contribution < 1.29 is 9.90 Å². The Hall–Kier alpha value is -1.86. The fourth-order valence-corrected chi connectivity index (χ4v) is 1.86. The summed E-state index contributed by atoms with van der Waals surface area (Å²) in [6.07, 6.45) is 0.179. The molecule has 4 heteroatoms. The summed E-state index contributed by atoms with van der Waals surface area (Å²) in [4.78, 5) is 13.6. The molecule has 1 aromatic carbocycles. The summed E-state index contributed by atoms with van der Waals surface area (Å²) >= 11 is 0. The Morgan fingerprint density at radius 3 is 2.88 bits per heavy atom. The normalized spacial score (nSPS) is 19.5. The fraction of sp³-hybridized carbons (Fsp3) is 0.333. The Balaban J connectivity index is 2.25. The van der Waals surface area contributed by atoms with Crippen LogP contribution in [-0.4, -0.2) is 35.1 Å². The lowest BCUT2D eigenvalue weighted by atomic mass is 10.1. The highest BCUT2D eigenvalue weighted by Gasteiger charge is 2.26. The van der Waals surface area contributed by atoms with E-state index >= 15 is 0 Å². The molecule has 1 fully saturated rings. The van der Waals surface area contributed by atoms with Crippen molar-refractivity contribution in [1.29, 1.82) is 5.26 Å². The van der Waals surface area contributed by atoms with Gasteiger partial charge in [-0.1, -0.05) is 12.1 Å². The molecule has 0 bridgehead atoms. The average molecular weight is 216 g/mol. The van der Waals surface area contributed by atoms with Crippen LogP contribution in [0.4, 0.5) is 0 Å². The first-order valence-corrected chi connectivity index (χ1v) is 5.19. The van der Waals surface area contributed by atoms with E-state index in [1.165, 1.54) is 0 Å². The number of likely N-dealkylation sites (tertiary alicyclic amines) is 1. The maximum Gasteiger partial charge on any atom is 0.255 e. The van der Waals surface area contributed by atoms with Crippen LogP contribution in [0.25, 0.3) is 0 Å². The second kappa shape index (κ2) is 4.33. The molecule has 0 aliphatic carbocycles. The van der Waals surface area contributed by atoms with E-state index in [4.69, 9.17) is 5.26 Å². The molecule has 0 radical (unpaired) electrons. The number of nitrogens with zero attached hydrogens (tertiary/aromatic N) is 2. The quantitative estimate of drug-likeness (QED) is 0.754. The minimum Gasteiger partial charge on any atom is -0.391 e. The van der Waals surface area contributed by atoms with Crippen molar-refractivity contribution in [2.24, 2.45) is 0 Å². The predicted molar refractivity (Wildman–Crippen MR) is 57.7 cm³/mol. The molecule has 1 atom stereocenters. The van der Waals surface area contributed by atoms with E-state index in [1.807, 2.05) is 6.07 Å². The molecule has 0 saturated carbocycles. The van der Waals surface area contributed by atoms with Crippen molar-refractivity contribution >= 4 is 5.91 Å². The van der Waals surface area contributed by atoms with E-state index in [-0.39, 0.29) is 5.91 Å². The zero-order valence-electron chi connectivity index (χ0n) is 8.76. The highest BCUT2D eigenvalue weighted by molar-refractivity contribution is 5.96. The van der Waals surface area contributed by atoms with Gasteiger partial charge in [0.1, 0.15) is 0 Å². The van der Waals surface area contributed by atoms with Gasteiger partial charge in [0.05, 0.1) is 23.3 Å². The Morgan fingerprint density at radius 2 is 2.25 bits per heavy atom. The summed E-state index contributed by atoms with van der Waals surface area (Å²) in [5, 5.41) is 18.3. The number of rotatable bonds is 1. The van der Waals surface area contributed by atoms with E-state index < -0.39 is 6.10 Å². The van der Waals surface area contributed by atoms with Gasteiger partial charge in [-0.2, -0.15) is 5.26 Å². The number of aliphatic hydroxyl groups excluding tert-OH is 1. The van der Waals surface area contributed by atoms with E-state index in [1.54, 1.807) is 29.2 Å². The molecule has 4 nitrogen and oxygen atoms in total. The van der Waals surface area contributed by atoms with Crippen molar-refractivity contribution in [3.05, 3.63) is 35.4 Å². The van der Waals surface area contributed by atoms with E-state index in [0.29, 0.717) is 30.6 Å². The molecule has 1 saturated heterocycles. The summed E-state index contributed by atoms with van der Waals surface area (Å²) in [7, 11) is 0. The van der Waals surface area contributed by atoms with E-state index in [9.17, 15) is 9.90 Å². The van der Waals surface area contributed by atoms with Crippen molar-refractivity contribution in [3.8, 4) is 6.07 Å². The van der Waals surface area contributed by atoms with Crippen LogP contribution in [0.2, 0.25) is 0 Å². The molecule has 1 amide bonds. The van der Waals surface area contributed by atoms with Crippen LogP contribution in [0, 0.1) is 11.3 Å². The fourth-order valence-electron chi connectivity index (χ4n) is 1.86. The molecule has 0 aromatic heterocycles. The monoisotopic (exact) mass is 216 g/mol. The Kier molecular flexibility index (Phi) is 2.88. The van der Waals surface area contributed by atoms with Gasteiger partial charge < -0.3 is 10.0 Å².